The number of aromatic nitrogens is 2. The molecular weight excluding hydrogens is 202 g/mol. The van der Waals surface area contributed by atoms with Crippen LogP contribution in [-0.2, 0) is 17.5 Å². The maximum atomic E-state index is 11.1. The third-order valence-corrected chi connectivity index (χ3v) is 3.15. The number of rotatable bonds is 2. The molecule has 2 unspecified atom stereocenters. The van der Waals surface area contributed by atoms with E-state index in [0.717, 1.165) is 13.0 Å². The number of ether oxygens (including phenoxy) is 1. The molecule has 2 heterocycles. The SMILES string of the molecule is CCC1COc2c(S(N)=O)cnn2C1. The van der Waals surface area contributed by atoms with Gasteiger partial charge in [-0.05, 0) is 6.42 Å². The van der Waals surface area contributed by atoms with Crippen molar-refractivity contribution >= 4 is 11.0 Å². The summed E-state index contributed by atoms with van der Waals surface area (Å²) in [6.07, 6.45) is 2.57. The fourth-order valence-corrected chi connectivity index (χ4v) is 2.00. The molecule has 2 N–H and O–H groups in total. The third-order valence-electron chi connectivity index (χ3n) is 2.44. The van der Waals surface area contributed by atoms with E-state index in [1.165, 1.54) is 6.20 Å². The molecule has 2 rings (SSSR count). The normalized spacial score (nSPS) is 22.6. The molecule has 78 valence electrons. The first-order valence-electron chi connectivity index (χ1n) is 4.57. The fourth-order valence-electron chi connectivity index (χ4n) is 1.51. The second kappa shape index (κ2) is 3.70. The van der Waals surface area contributed by atoms with Gasteiger partial charge in [0.15, 0.2) is 0 Å². The van der Waals surface area contributed by atoms with Gasteiger partial charge in [0.25, 0.3) is 0 Å². The molecule has 5 nitrogen and oxygen atoms in total. The quantitative estimate of drug-likeness (QED) is 0.770. The summed E-state index contributed by atoms with van der Waals surface area (Å²) in [7, 11) is -1.51. The van der Waals surface area contributed by atoms with Crippen LogP contribution in [0, 0.1) is 5.92 Å². The zero-order chi connectivity index (χ0) is 10.1. The molecular formula is C8H13N3O2S. The Balaban J connectivity index is 2.29. The smallest absolute Gasteiger partial charge is 0.229 e. The lowest BCUT2D eigenvalue weighted by molar-refractivity contribution is 0.157. The number of nitrogens with two attached hydrogens (primary N) is 1. The van der Waals surface area contributed by atoms with E-state index in [-0.39, 0.29) is 0 Å². The summed E-state index contributed by atoms with van der Waals surface area (Å²) in [5.41, 5.74) is 0. The lowest BCUT2D eigenvalue weighted by Gasteiger charge is -2.23. The monoisotopic (exact) mass is 215 g/mol. The summed E-state index contributed by atoms with van der Waals surface area (Å²) >= 11 is 0. The van der Waals surface area contributed by atoms with Crippen molar-refractivity contribution in [3.8, 4) is 5.88 Å². The summed E-state index contributed by atoms with van der Waals surface area (Å²) in [5, 5.41) is 9.38. The van der Waals surface area contributed by atoms with Gasteiger partial charge >= 0.3 is 0 Å². The number of hydrogen-bond donors (Lipinski definition) is 1. The molecule has 0 saturated heterocycles. The van der Waals surface area contributed by atoms with E-state index in [0.29, 0.717) is 23.3 Å². The summed E-state index contributed by atoms with van der Waals surface area (Å²) in [5.74, 6) is 1.05. The Morgan fingerprint density at radius 2 is 2.64 bits per heavy atom. The average molecular weight is 215 g/mol. The van der Waals surface area contributed by atoms with E-state index in [1.807, 2.05) is 0 Å². The van der Waals surface area contributed by atoms with Crippen LogP contribution in [0.5, 0.6) is 5.88 Å². The molecule has 0 spiro atoms. The molecule has 0 saturated carbocycles. The highest BCUT2D eigenvalue weighted by atomic mass is 32.2. The molecule has 0 amide bonds. The van der Waals surface area contributed by atoms with Crippen LogP contribution in [0.4, 0.5) is 0 Å². The Hall–Kier alpha value is -0.880. The molecule has 1 aliphatic rings. The first kappa shape index (κ1) is 9.67. The summed E-state index contributed by atoms with van der Waals surface area (Å²) in [6.45, 7) is 3.60. The molecule has 0 radical (unpaired) electrons. The van der Waals surface area contributed by atoms with Gasteiger partial charge in [-0.3, -0.25) is 0 Å². The topological polar surface area (TPSA) is 70.1 Å². The molecule has 0 bridgehead atoms. The fraction of sp³-hybridized carbons (Fsp3) is 0.625. The van der Waals surface area contributed by atoms with Gasteiger partial charge in [-0.1, -0.05) is 6.92 Å². The number of nitrogens with zero attached hydrogens (tertiary/aromatic N) is 2. The standard InChI is InChI=1S/C8H13N3O2S/c1-2-6-4-11-8(13-5-6)7(3-10-11)14(9)12/h3,6H,2,4-5,9H2,1H3. The summed E-state index contributed by atoms with van der Waals surface area (Å²) in [4.78, 5) is 0.486. The van der Waals surface area contributed by atoms with E-state index in [4.69, 9.17) is 9.88 Å². The van der Waals surface area contributed by atoms with Gasteiger partial charge < -0.3 is 4.74 Å². The Morgan fingerprint density at radius 1 is 1.86 bits per heavy atom. The zero-order valence-electron chi connectivity index (χ0n) is 7.97. The van der Waals surface area contributed by atoms with Crippen molar-refractivity contribution in [2.24, 2.45) is 11.1 Å². The van der Waals surface area contributed by atoms with Crippen LogP contribution in [0.3, 0.4) is 0 Å². The molecule has 0 fully saturated rings. The third kappa shape index (κ3) is 1.55. The van der Waals surface area contributed by atoms with Crippen molar-refractivity contribution in [1.29, 1.82) is 0 Å². The van der Waals surface area contributed by atoms with Crippen molar-refractivity contribution in [2.45, 2.75) is 24.8 Å². The molecule has 1 aliphatic heterocycles. The van der Waals surface area contributed by atoms with Crippen molar-refractivity contribution in [3.05, 3.63) is 6.20 Å². The highest BCUT2D eigenvalue weighted by Gasteiger charge is 2.23. The molecule has 14 heavy (non-hydrogen) atoms. The first-order valence-corrected chi connectivity index (χ1v) is 5.78. The van der Waals surface area contributed by atoms with Crippen LogP contribution in [0.2, 0.25) is 0 Å². The maximum absolute atomic E-state index is 11.1. The van der Waals surface area contributed by atoms with Gasteiger partial charge in [-0.2, -0.15) is 5.10 Å². The van der Waals surface area contributed by atoms with E-state index in [9.17, 15) is 4.21 Å². The zero-order valence-corrected chi connectivity index (χ0v) is 8.79. The molecule has 6 heteroatoms. The lowest BCUT2D eigenvalue weighted by atomic mass is 10.1. The minimum atomic E-state index is -1.51. The van der Waals surface area contributed by atoms with Gasteiger partial charge in [-0.25, -0.2) is 14.0 Å². The van der Waals surface area contributed by atoms with E-state index >= 15 is 0 Å². The van der Waals surface area contributed by atoms with Gasteiger partial charge in [-0.15, -0.1) is 0 Å². The van der Waals surface area contributed by atoms with Crippen molar-refractivity contribution in [3.63, 3.8) is 0 Å². The van der Waals surface area contributed by atoms with Crippen LogP contribution in [-0.4, -0.2) is 20.6 Å². The van der Waals surface area contributed by atoms with Gasteiger partial charge in [0.1, 0.15) is 15.9 Å². The molecule has 1 aromatic rings. The van der Waals surface area contributed by atoms with Crippen molar-refractivity contribution in [1.82, 2.24) is 9.78 Å². The second-order valence-corrected chi connectivity index (χ2v) is 4.41. The van der Waals surface area contributed by atoms with Crippen molar-refractivity contribution < 1.29 is 8.95 Å². The molecule has 1 aromatic heterocycles. The van der Waals surface area contributed by atoms with Crippen LogP contribution < -0.4 is 9.88 Å². The van der Waals surface area contributed by atoms with Crippen LogP contribution >= 0.6 is 0 Å². The summed E-state index contributed by atoms with van der Waals surface area (Å²) in [6, 6.07) is 0. The largest absolute Gasteiger partial charge is 0.477 e. The van der Waals surface area contributed by atoms with Crippen LogP contribution in [0.1, 0.15) is 13.3 Å². The minimum Gasteiger partial charge on any atom is -0.477 e. The van der Waals surface area contributed by atoms with Crippen LogP contribution in [0.15, 0.2) is 11.1 Å². The van der Waals surface area contributed by atoms with Crippen molar-refractivity contribution in [2.75, 3.05) is 6.61 Å². The Morgan fingerprint density at radius 3 is 3.29 bits per heavy atom. The van der Waals surface area contributed by atoms with Gasteiger partial charge in [0.2, 0.25) is 5.88 Å². The number of hydrogen-bond acceptors (Lipinski definition) is 3. The second-order valence-electron chi connectivity index (χ2n) is 3.38. The number of fused-ring (bicyclic) bond motifs is 1. The molecule has 2 atom stereocenters. The predicted octanol–water partition coefficient (Wildman–Crippen LogP) is 0.283. The van der Waals surface area contributed by atoms with Gasteiger partial charge in [0, 0.05) is 5.92 Å². The van der Waals surface area contributed by atoms with E-state index < -0.39 is 11.0 Å². The highest BCUT2D eigenvalue weighted by Crippen LogP contribution is 2.26. The first-order chi connectivity index (χ1) is 6.72. The molecule has 0 aromatic carbocycles. The summed E-state index contributed by atoms with van der Waals surface area (Å²) < 4.78 is 18.3. The lowest BCUT2D eigenvalue weighted by Crippen LogP contribution is -2.25. The maximum Gasteiger partial charge on any atom is 0.229 e. The van der Waals surface area contributed by atoms with Gasteiger partial charge in [0.05, 0.1) is 19.3 Å². The Kier molecular flexibility index (Phi) is 2.56. The van der Waals surface area contributed by atoms with E-state index in [1.54, 1.807) is 4.68 Å². The minimum absolute atomic E-state index is 0.486. The Labute approximate surface area is 84.8 Å². The predicted molar refractivity (Wildman–Crippen MR) is 52.1 cm³/mol. The van der Waals surface area contributed by atoms with Crippen LogP contribution in [0.25, 0.3) is 0 Å². The highest BCUT2D eigenvalue weighted by molar-refractivity contribution is 7.82. The Bertz CT molecular complexity index is 363. The van der Waals surface area contributed by atoms with E-state index in [2.05, 4.69) is 12.0 Å². The average Bonchev–Trinajstić information content (AvgIpc) is 2.59. The molecule has 0 aliphatic carbocycles.